The number of amides is 1. The zero-order valence-electron chi connectivity index (χ0n) is 9.13. The minimum absolute atomic E-state index is 0.141. The van der Waals surface area contributed by atoms with Crippen molar-refractivity contribution in [1.29, 1.82) is 0 Å². The molecule has 86 valence electrons. The molecule has 16 heavy (non-hydrogen) atoms. The first-order valence-corrected chi connectivity index (χ1v) is 5.56. The van der Waals surface area contributed by atoms with Crippen LogP contribution in [0.15, 0.2) is 30.3 Å². The summed E-state index contributed by atoms with van der Waals surface area (Å²) in [7, 11) is 0. The molecule has 1 aromatic rings. The molecule has 2 rings (SSSR count). The quantitative estimate of drug-likeness (QED) is 0.831. The van der Waals surface area contributed by atoms with Crippen molar-refractivity contribution in [3.8, 4) is 0 Å². The summed E-state index contributed by atoms with van der Waals surface area (Å²) < 4.78 is 0. The minimum atomic E-state index is -0.733. The summed E-state index contributed by atoms with van der Waals surface area (Å²) in [5, 5.41) is 1.70. The molecule has 1 heterocycles. The van der Waals surface area contributed by atoms with Crippen LogP contribution in [0.3, 0.4) is 0 Å². The van der Waals surface area contributed by atoms with E-state index in [2.05, 4.69) is 0 Å². The first-order valence-electron chi connectivity index (χ1n) is 5.56. The first kappa shape index (κ1) is 11.0. The maximum Gasteiger partial charge on any atom is 0.423 e. The number of benzene rings is 1. The predicted molar refractivity (Wildman–Crippen MR) is 60.4 cm³/mol. The predicted octanol–water partition coefficient (Wildman–Crippen LogP) is 2.22. The fourth-order valence-electron chi connectivity index (χ4n) is 2.14. The van der Waals surface area contributed by atoms with Gasteiger partial charge in [0.1, 0.15) is 0 Å². The molecular formula is C12H16N2O2. The Morgan fingerprint density at radius 1 is 1.31 bits per heavy atom. The fourth-order valence-corrected chi connectivity index (χ4v) is 2.14. The summed E-state index contributed by atoms with van der Waals surface area (Å²) in [6.07, 6.45) is 2.45. The van der Waals surface area contributed by atoms with Gasteiger partial charge in [-0.25, -0.2) is 4.79 Å². The van der Waals surface area contributed by atoms with E-state index in [1.54, 1.807) is 5.06 Å². The smallest absolute Gasteiger partial charge is 0.351 e. The zero-order chi connectivity index (χ0) is 11.4. The molecule has 0 aromatic heterocycles. The van der Waals surface area contributed by atoms with E-state index in [1.807, 2.05) is 30.3 Å². The van der Waals surface area contributed by atoms with Gasteiger partial charge in [-0.1, -0.05) is 36.8 Å². The van der Waals surface area contributed by atoms with Crippen molar-refractivity contribution in [2.75, 3.05) is 6.54 Å². The lowest BCUT2D eigenvalue weighted by Gasteiger charge is -2.33. The van der Waals surface area contributed by atoms with Crippen LogP contribution in [0.1, 0.15) is 30.9 Å². The normalized spacial score (nSPS) is 21.6. The number of nitrogens with zero attached hydrogens (tertiary/aromatic N) is 1. The summed E-state index contributed by atoms with van der Waals surface area (Å²) in [6.45, 7) is 0.752. The summed E-state index contributed by atoms with van der Waals surface area (Å²) in [5.74, 6) is 0. The third-order valence-electron chi connectivity index (χ3n) is 2.85. The van der Waals surface area contributed by atoms with Crippen LogP contribution in [-0.4, -0.2) is 17.7 Å². The van der Waals surface area contributed by atoms with Gasteiger partial charge in [-0.15, -0.1) is 5.06 Å². The van der Waals surface area contributed by atoms with E-state index >= 15 is 0 Å². The molecule has 1 aliphatic rings. The summed E-state index contributed by atoms with van der Waals surface area (Å²) in [4.78, 5) is 15.8. The highest BCUT2D eigenvalue weighted by Crippen LogP contribution is 2.30. The van der Waals surface area contributed by atoms with Crippen LogP contribution in [0.25, 0.3) is 0 Å². The van der Waals surface area contributed by atoms with Crippen molar-refractivity contribution in [3.63, 3.8) is 0 Å². The van der Waals surface area contributed by atoms with Gasteiger partial charge in [0.05, 0.1) is 6.04 Å². The SMILES string of the molecule is NC(=O)ON1CCCCC1c1ccccc1. The lowest BCUT2D eigenvalue weighted by atomic mass is 9.97. The van der Waals surface area contributed by atoms with E-state index in [4.69, 9.17) is 10.6 Å². The molecule has 0 spiro atoms. The molecule has 1 unspecified atom stereocenters. The van der Waals surface area contributed by atoms with Crippen molar-refractivity contribution in [3.05, 3.63) is 35.9 Å². The maximum absolute atomic E-state index is 10.8. The number of primary amides is 1. The second-order valence-corrected chi connectivity index (χ2v) is 3.97. The molecule has 4 heteroatoms. The number of hydrogen-bond acceptors (Lipinski definition) is 3. The van der Waals surface area contributed by atoms with E-state index in [0.717, 1.165) is 25.8 Å². The van der Waals surface area contributed by atoms with Crippen molar-refractivity contribution in [2.24, 2.45) is 5.73 Å². The number of piperidine rings is 1. The molecule has 1 atom stereocenters. The van der Waals surface area contributed by atoms with Gasteiger partial charge in [-0.3, -0.25) is 0 Å². The molecule has 0 saturated carbocycles. The Hall–Kier alpha value is -1.55. The number of carbonyl (C=O) groups excluding carboxylic acids is 1. The van der Waals surface area contributed by atoms with E-state index in [1.165, 1.54) is 5.56 Å². The van der Waals surface area contributed by atoms with E-state index in [9.17, 15) is 4.79 Å². The van der Waals surface area contributed by atoms with Crippen LogP contribution in [0.5, 0.6) is 0 Å². The van der Waals surface area contributed by atoms with Crippen molar-refractivity contribution < 1.29 is 9.63 Å². The van der Waals surface area contributed by atoms with Gasteiger partial charge in [0.2, 0.25) is 0 Å². The van der Waals surface area contributed by atoms with E-state index in [-0.39, 0.29) is 6.04 Å². The summed E-state index contributed by atoms with van der Waals surface area (Å²) in [5.41, 5.74) is 6.23. The molecule has 1 saturated heterocycles. The fraction of sp³-hybridized carbons (Fsp3) is 0.417. The Morgan fingerprint density at radius 2 is 2.06 bits per heavy atom. The summed E-state index contributed by atoms with van der Waals surface area (Å²) >= 11 is 0. The number of hydroxylamine groups is 2. The summed E-state index contributed by atoms with van der Waals surface area (Å²) in [6, 6.07) is 10.2. The average Bonchev–Trinajstić information content (AvgIpc) is 2.30. The van der Waals surface area contributed by atoms with Gasteiger partial charge in [0.25, 0.3) is 0 Å². The number of carbonyl (C=O) groups is 1. The molecular weight excluding hydrogens is 204 g/mol. The van der Waals surface area contributed by atoms with Crippen LogP contribution >= 0.6 is 0 Å². The molecule has 2 N–H and O–H groups in total. The molecule has 0 bridgehead atoms. The Morgan fingerprint density at radius 3 is 2.75 bits per heavy atom. The van der Waals surface area contributed by atoms with Gasteiger partial charge < -0.3 is 10.6 Å². The molecule has 1 fully saturated rings. The third kappa shape index (κ3) is 2.52. The molecule has 0 radical (unpaired) electrons. The second kappa shape index (κ2) is 4.99. The van der Waals surface area contributed by atoms with Crippen LogP contribution in [0.2, 0.25) is 0 Å². The molecule has 0 aliphatic carbocycles. The third-order valence-corrected chi connectivity index (χ3v) is 2.85. The Labute approximate surface area is 94.9 Å². The van der Waals surface area contributed by atoms with Crippen LogP contribution in [0, 0.1) is 0 Å². The van der Waals surface area contributed by atoms with Gasteiger partial charge >= 0.3 is 6.09 Å². The average molecular weight is 220 g/mol. The van der Waals surface area contributed by atoms with Gasteiger partial charge in [0.15, 0.2) is 0 Å². The first-order chi connectivity index (χ1) is 7.77. The highest BCUT2D eigenvalue weighted by molar-refractivity contribution is 5.64. The minimum Gasteiger partial charge on any atom is -0.351 e. The molecule has 4 nitrogen and oxygen atoms in total. The van der Waals surface area contributed by atoms with Crippen LogP contribution in [-0.2, 0) is 4.84 Å². The number of rotatable bonds is 2. The topological polar surface area (TPSA) is 55.6 Å². The molecule has 1 aliphatic heterocycles. The van der Waals surface area contributed by atoms with Crippen LogP contribution < -0.4 is 5.73 Å². The molecule has 1 aromatic carbocycles. The highest BCUT2D eigenvalue weighted by atomic mass is 16.7. The van der Waals surface area contributed by atoms with Gasteiger partial charge in [-0.2, -0.15) is 0 Å². The molecule has 1 amide bonds. The largest absolute Gasteiger partial charge is 0.423 e. The Balaban J connectivity index is 2.13. The highest BCUT2D eigenvalue weighted by Gasteiger charge is 2.26. The Bertz CT molecular complexity index is 353. The van der Waals surface area contributed by atoms with E-state index < -0.39 is 6.09 Å². The van der Waals surface area contributed by atoms with Gasteiger partial charge in [-0.05, 0) is 18.4 Å². The van der Waals surface area contributed by atoms with E-state index in [0.29, 0.717) is 0 Å². The maximum atomic E-state index is 10.8. The van der Waals surface area contributed by atoms with Gasteiger partial charge in [0, 0.05) is 6.54 Å². The number of nitrogens with two attached hydrogens (primary N) is 1. The zero-order valence-corrected chi connectivity index (χ0v) is 9.13. The van der Waals surface area contributed by atoms with Crippen LogP contribution in [0.4, 0.5) is 4.79 Å². The number of hydrogen-bond donors (Lipinski definition) is 1. The Kier molecular flexibility index (Phi) is 3.41. The lowest BCUT2D eigenvalue weighted by Crippen LogP contribution is -2.37. The van der Waals surface area contributed by atoms with Crippen molar-refractivity contribution in [1.82, 2.24) is 5.06 Å². The standard InChI is InChI=1S/C12H16N2O2/c13-12(15)16-14-9-5-4-8-11(14)10-6-2-1-3-7-10/h1-3,6-7,11H,4-5,8-9H2,(H2,13,15). The van der Waals surface area contributed by atoms with Crippen molar-refractivity contribution >= 4 is 6.09 Å². The van der Waals surface area contributed by atoms with Crippen molar-refractivity contribution in [2.45, 2.75) is 25.3 Å². The second-order valence-electron chi connectivity index (χ2n) is 3.97. The lowest BCUT2D eigenvalue weighted by molar-refractivity contribution is -0.144. The monoisotopic (exact) mass is 220 g/mol.